The molecular weight excluding hydrogens is 318 g/mol. The van der Waals surface area contributed by atoms with E-state index in [4.69, 9.17) is 4.52 Å². The zero-order chi connectivity index (χ0) is 17.2. The Morgan fingerprint density at radius 1 is 1.32 bits per heavy atom. The average molecular weight is 341 g/mol. The molecule has 0 atom stereocenters. The minimum atomic E-state index is 0.215. The quantitative estimate of drug-likeness (QED) is 0.844. The Balaban J connectivity index is 1.28. The average Bonchev–Trinajstić information content (AvgIpc) is 3.08. The van der Waals surface area contributed by atoms with Crippen LogP contribution in [-0.2, 0) is 4.79 Å². The van der Waals surface area contributed by atoms with Gasteiger partial charge in [0.15, 0.2) is 0 Å². The first-order valence-corrected chi connectivity index (χ1v) is 8.93. The minimum Gasteiger partial charge on any atom is -0.342 e. The highest BCUT2D eigenvalue weighted by Crippen LogP contribution is 2.27. The zero-order valence-electron chi connectivity index (χ0n) is 14.5. The predicted molar refractivity (Wildman–Crippen MR) is 91.7 cm³/mol. The van der Waals surface area contributed by atoms with E-state index in [1.165, 1.54) is 0 Å². The number of piperidine rings is 1. The first-order valence-electron chi connectivity index (χ1n) is 8.93. The zero-order valence-corrected chi connectivity index (χ0v) is 14.5. The van der Waals surface area contributed by atoms with Gasteiger partial charge in [0, 0.05) is 44.1 Å². The number of hydrogen-bond donors (Lipinski definition) is 0. The summed E-state index contributed by atoms with van der Waals surface area (Å²) >= 11 is 0. The van der Waals surface area contributed by atoms with Crippen LogP contribution >= 0.6 is 0 Å². The van der Waals surface area contributed by atoms with Crippen molar-refractivity contribution in [2.24, 2.45) is 5.92 Å². The van der Waals surface area contributed by atoms with E-state index in [2.05, 4.69) is 26.9 Å². The largest absolute Gasteiger partial charge is 0.342 e. The maximum absolute atomic E-state index is 12.4. The summed E-state index contributed by atoms with van der Waals surface area (Å²) in [6, 6.07) is 3.76. The number of hydrogen-bond acceptors (Lipinski definition) is 6. The van der Waals surface area contributed by atoms with Gasteiger partial charge in [0.2, 0.25) is 17.6 Å². The van der Waals surface area contributed by atoms with Crippen LogP contribution in [0.1, 0.15) is 31.6 Å². The molecule has 0 radical (unpaired) electrons. The molecule has 0 aromatic carbocycles. The maximum atomic E-state index is 12.4. The number of carbonyl (C=O) groups is 1. The normalized spacial score (nSPS) is 19.8. The highest BCUT2D eigenvalue weighted by atomic mass is 16.5. The summed E-state index contributed by atoms with van der Waals surface area (Å²) in [5.41, 5.74) is 0.850. The molecule has 7 nitrogen and oxygen atoms in total. The second-order valence-corrected chi connectivity index (χ2v) is 7.15. The van der Waals surface area contributed by atoms with Crippen LogP contribution in [0.5, 0.6) is 0 Å². The summed E-state index contributed by atoms with van der Waals surface area (Å²) in [6.45, 7) is 6.14. The highest BCUT2D eigenvalue weighted by molar-refractivity contribution is 5.78. The molecule has 0 unspecified atom stereocenters. The van der Waals surface area contributed by atoms with Gasteiger partial charge in [-0.05, 0) is 30.9 Å². The van der Waals surface area contributed by atoms with Crippen molar-refractivity contribution in [2.75, 3.05) is 32.7 Å². The van der Waals surface area contributed by atoms with Crippen LogP contribution < -0.4 is 0 Å². The second kappa shape index (κ2) is 6.92. The van der Waals surface area contributed by atoms with Crippen LogP contribution in [0.25, 0.3) is 11.4 Å². The third-order valence-electron chi connectivity index (χ3n) is 5.16. The van der Waals surface area contributed by atoms with Crippen LogP contribution in [0.4, 0.5) is 0 Å². The van der Waals surface area contributed by atoms with Gasteiger partial charge in [-0.1, -0.05) is 12.1 Å². The van der Waals surface area contributed by atoms with Crippen LogP contribution in [0, 0.1) is 5.92 Å². The molecule has 0 N–H and O–H groups in total. The lowest BCUT2D eigenvalue weighted by Gasteiger charge is -2.38. The number of rotatable bonds is 4. The molecule has 2 saturated heterocycles. The molecule has 25 heavy (non-hydrogen) atoms. The van der Waals surface area contributed by atoms with Crippen LogP contribution in [0.2, 0.25) is 0 Å². The fourth-order valence-corrected chi connectivity index (χ4v) is 3.42. The minimum absolute atomic E-state index is 0.215. The second-order valence-electron chi connectivity index (χ2n) is 7.15. The SMILES string of the molecule is CC1CCN(C(=O)CN2CC(c3nc(-c4cccnc4)no3)C2)CC1. The summed E-state index contributed by atoms with van der Waals surface area (Å²) < 4.78 is 5.39. The summed E-state index contributed by atoms with van der Waals surface area (Å²) in [4.78, 5) is 25.1. The first kappa shape index (κ1) is 16.2. The number of aromatic nitrogens is 3. The molecule has 0 bridgehead atoms. The fourth-order valence-electron chi connectivity index (χ4n) is 3.42. The molecule has 2 aliphatic rings. The predicted octanol–water partition coefficient (Wildman–Crippen LogP) is 1.79. The number of carbonyl (C=O) groups excluding carboxylic acids is 1. The van der Waals surface area contributed by atoms with Gasteiger partial charge in [0.1, 0.15) is 0 Å². The number of likely N-dealkylation sites (tertiary alicyclic amines) is 2. The van der Waals surface area contributed by atoms with Crippen molar-refractivity contribution in [1.29, 1.82) is 0 Å². The summed E-state index contributed by atoms with van der Waals surface area (Å²) in [5, 5.41) is 4.04. The molecule has 132 valence electrons. The van der Waals surface area contributed by atoms with Crippen molar-refractivity contribution < 1.29 is 9.32 Å². The van der Waals surface area contributed by atoms with Gasteiger partial charge in [-0.15, -0.1) is 0 Å². The lowest BCUT2D eigenvalue weighted by Crippen LogP contribution is -2.51. The third kappa shape index (κ3) is 3.56. The molecule has 7 heteroatoms. The molecule has 0 spiro atoms. The molecule has 2 aliphatic heterocycles. The first-order chi connectivity index (χ1) is 12.2. The molecule has 2 aromatic rings. The van der Waals surface area contributed by atoms with E-state index in [-0.39, 0.29) is 11.8 Å². The standard InChI is InChI=1S/C18H23N5O2/c1-13-4-7-23(8-5-13)16(24)12-22-10-15(11-22)18-20-17(21-25-18)14-3-2-6-19-9-14/h2-3,6,9,13,15H,4-5,7-8,10-12H2,1H3. The van der Waals surface area contributed by atoms with Gasteiger partial charge in [-0.3, -0.25) is 14.7 Å². The Hall–Kier alpha value is -2.28. The molecule has 4 heterocycles. The molecule has 4 rings (SSSR count). The van der Waals surface area contributed by atoms with Gasteiger partial charge in [-0.2, -0.15) is 4.98 Å². The third-order valence-corrected chi connectivity index (χ3v) is 5.16. The smallest absolute Gasteiger partial charge is 0.236 e. The molecule has 0 saturated carbocycles. The number of pyridine rings is 1. The Kier molecular flexibility index (Phi) is 4.48. The monoisotopic (exact) mass is 341 g/mol. The van der Waals surface area contributed by atoms with Gasteiger partial charge in [0.25, 0.3) is 0 Å². The van der Waals surface area contributed by atoms with Crippen molar-refractivity contribution in [3.8, 4) is 11.4 Å². The lowest BCUT2D eigenvalue weighted by molar-refractivity contribution is -0.135. The molecule has 2 aromatic heterocycles. The molecular formula is C18H23N5O2. The van der Waals surface area contributed by atoms with E-state index in [0.29, 0.717) is 18.3 Å². The highest BCUT2D eigenvalue weighted by Gasteiger charge is 2.34. The van der Waals surface area contributed by atoms with E-state index in [9.17, 15) is 4.79 Å². The van der Waals surface area contributed by atoms with Crippen molar-refractivity contribution >= 4 is 5.91 Å². The van der Waals surface area contributed by atoms with Gasteiger partial charge in [0.05, 0.1) is 12.5 Å². The Labute approximate surface area is 147 Å². The fraction of sp³-hybridized carbons (Fsp3) is 0.556. The van der Waals surface area contributed by atoms with Crippen LogP contribution in [0.15, 0.2) is 29.0 Å². The van der Waals surface area contributed by atoms with Gasteiger partial charge in [-0.25, -0.2) is 0 Å². The van der Waals surface area contributed by atoms with Crippen LogP contribution in [-0.4, -0.2) is 63.6 Å². The summed E-state index contributed by atoms with van der Waals surface area (Å²) in [6.07, 6.45) is 5.68. The van der Waals surface area contributed by atoms with Crippen molar-refractivity contribution in [3.63, 3.8) is 0 Å². The Bertz CT molecular complexity index is 718. The maximum Gasteiger partial charge on any atom is 0.236 e. The van der Waals surface area contributed by atoms with E-state index in [0.717, 1.165) is 50.5 Å². The van der Waals surface area contributed by atoms with Crippen LogP contribution in [0.3, 0.4) is 0 Å². The van der Waals surface area contributed by atoms with Crippen molar-refractivity contribution in [3.05, 3.63) is 30.4 Å². The van der Waals surface area contributed by atoms with Gasteiger partial charge < -0.3 is 9.42 Å². The summed E-state index contributed by atoms with van der Waals surface area (Å²) in [5.74, 6) is 2.41. The Morgan fingerprint density at radius 2 is 2.12 bits per heavy atom. The number of amides is 1. The molecule has 2 fully saturated rings. The summed E-state index contributed by atoms with van der Waals surface area (Å²) in [7, 11) is 0. The van der Waals surface area contributed by atoms with E-state index < -0.39 is 0 Å². The Morgan fingerprint density at radius 3 is 2.84 bits per heavy atom. The topological polar surface area (TPSA) is 75.4 Å². The van der Waals surface area contributed by atoms with Crippen molar-refractivity contribution in [1.82, 2.24) is 24.9 Å². The van der Waals surface area contributed by atoms with E-state index in [1.54, 1.807) is 12.4 Å². The molecule has 1 amide bonds. The lowest BCUT2D eigenvalue weighted by atomic mass is 9.98. The van der Waals surface area contributed by atoms with E-state index in [1.807, 2.05) is 17.0 Å². The molecule has 0 aliphatic carbocycles. The number of nitrogens with zero attached hydrogens (tertiary/aromatic N) is 5. The van der Waals surface area contributed by atoms with Crippen molar-refractivity contribution in [2.45, 2.75) is 25.7 Å². The van der Waals surface area contributed by atoms with Gasteiger partial charge >= 0.3 is 0 Å². The van der Waals surface area contributed by atoms with E-state index >= 15 is 0 Å².